The van der Waals surface area contributed by atoms with Gasteiger partial charge in [0.15, 0.2) is 29.1 Å². The smallest absolute Gasteiger partial charge is 0.336 e. The number of benzene rings is 2. The van der Waals surface area contributed by atoms with E-state index >= 15 is 0 Å². The average Bonchev–Trinajstić information content (AvgIpc) is 3.46. The molecule has 0 spiro atoms. The molecular formula is C31H34O14. The molecule has 0 saturated carbocycles. The fourth-order valence-corrected chi connectivity index (χ4v) is 5.20. The number of aromatic hydroxyl groups is 2. The lowest BCUT2D eigenvalue weighted by molar-refractivity contribution is -0.329. The van der Waals surface area contributed by atoms with Gasteiger partial charge < -0.3 is 58.4 Å². The zero-order valence-electron chi connectivity index (χ0n) is 24.8. The lowest BCUT2D eigenvalue weighted by Crippen LogP contribution is -2.61. The Labute approximate surface area is 256 Å². The SMILES string of the molecule is COc1cc(/C=C/C(=O)OCC2OC(OC(C)(C)C3Cc4cc5ccc(=O)oc5c(O)c4O3)C(O)C(O)C2O)cc(OC)c1O. The van der Waals surface area contributed by atoms with Gasteiger partial charge in [0, 0.05) is 29.5 Å². The molecule has 0 amide bonds. The molecule has 45 heavy (non-hydrogen) atoms. The minimum absolute atomic E-state index is 0.0153. The van der Waals surface area contributed by atoms with E-state index in [-0.39, 0.29) is 40.8 Å². The molecule has 3 heterocycles. The van der Waals surface area contributed by atoms with Crippen molar-refractivity contribution in [3.05, 3.63) is 58.0 Å². The third kappa shape index (κ3) is 6.41. The molecule has 14 nitrogen and oxygen atoms in total. The summed E-state index contributed by atoms with van der Waals surface area (Å²) in [6, 6.07) is 7.45. The fourth-order valence-electron chi connectivity index (χ4n) is 5.20. The van der Waals surface area contributed by atoms with Gasteiger partial charge in [0.05, 0.1) is 14.2 Å². The van der Waals surface area contributed by atoms with Crippen LogP contribution in [0.25, 0.3) is 17.0 Å². The van der Waals surface area contributed by atoms with Crippen molar-refractivity contribution in [3.63, 3.8) is 0 Å². The van der Waals surface area contributed by atoms with Gasteiger partial charge in [-0.15, -0.1) is 0 Å². The van der Waals surface area contributed by atoms with Crippen molar-refractivity contribution in [2.45, 2.75) is 62.7 Å². The van der Waals surface area contributed by atoms with E-state index < -0.39 is 60.6 Å². The molecule has 1 aromatic heterocycles. The third-order valence-electron chi connectivity index (χ3n) is 7.75. The number of methoxy groups -OCH3 is 2. The number of carbonyl (C=O) groups excluding carboxylic acids is 1. The van der Waals surface area contributed by atoms with Crippen molar-refractivity contribution >= 4 is 23.0 Å². The maximum Gasteiger partial charge on any atom is 0.336 e. The second kappa shape index (κ2) is 12.6. The first-order valence-electron chi connectivity index (χ1n) is 14.0. The average molecular weight is 631 g/mol. The fraction of sp³-hybridized carbons (Fsp3) is 0.419. The summed E-state index contributed by atoms with van der Waals surface area (Å²) in [6.45, 7) is 2.82. The number of ether oxygens (including phenoxy) is 6. The van der Waals surface area contributed by atoms with Gasteiger partial charge in [-0.1, -0.05) is 0 Å². The van der Waals surface area contributed by atoms with Crippen molar-refractivity contribution in [1.29, 1.82) is 0 Å². The van der Waals surface area contributed by atoms with Crippen LogP contribution < -0.4 is 19.8 Å². The van der Waals surface area contributed by atoms with Gasteiger partial charge in [0.1, 0.15) is 42.7 Å². The van der Waals surface area contributed by atoms with E-state index in [1.807, 2.05) is 0 Å². The number of carbonyl (C=O) groups is 1. The Kier molecular flexibility index (Phi) is 8.96. The van der Waals surface area contributed by atoms with Crippen molar-refractivity contribution in [2.24, 2.45) is 0 Å². The lowest BCUT2D eigenvalue weighted by atomic mass is 9.95. The molecular weight excluding hydrogens is 596 g/mol. The van der Waals surface area contributed by atoms with Crippen LogP contribution >= 0.6 is 0 Å². The number of hydrogen-bond acceptors (Lipinski definition) is 14. The van der Waals surface area contributed by atoms with Gasteiger partial charge in [0.2, 0.25) is 11.5 Å². The molecule has 6 atom stereocenters. The van der Waals surface area contributed by atoms with E-state index in [1.165, 1.54) is 44.6 Å². The van der Waals surface area contributed by atoms with E-state index in [2.05, 4.69) is 0 Å². The van der Waals surface area contributed by atoms with E-state index in [0.717, 1.165) is 6.08 Å². The normalized spacial score (nSPS) is 24.8. The highest BCUT2D eigenvalue weighted by molar-refractivity contribution is 5.87. The highest BCUT2D eigenvalue weighted by Gasteiger charge is 2.49. The van der Waals surface area contributed by atoms with Crippen molar-refractivity contribution in [2.75, 3.05) is 20.8 Å². The van der Waals surface area contributed by atoms with Gasteiger partial charge >= 0.3 is 11.6 Å². The largest absolute Gasteiger partial charge is 0.502 e. The molecule has 3 aromatic rings. The van der Waals surface area contributed by atoms with E-state index in [1.54, 1.807) is 19.9 Å². The van der Waals surface area contributed by atoms with Crippen LogP contribution in [-0.2, 0) is 25.4 Å². The summed E-state index contributed by atoms with van der Waals surface area (Å²) < 4.78 is 38.3. The molecule has 0 radical (unpaired) electrons. The number of rotatable bonds is 9. The van der Waals surface area contributed by atoms with Crippen LogP contribution in [0.3, 0.4) is 0 Å². The molecule has 5 rings (SSSR count). The van der Waals surface area contributed by atoms with Gasteiger partial charge in [-0.05, 0) is 49.8 Å². The third-order valence-corrected chi connectivity index (χ3v) is 7.75. The molecule has 1 saturated heterocycles. The summed E-state index contributed by atoms with van der Waals surface area (Å²) in [5.74, 6) is -0.947. The van der Waals surface area contributed by atoms with Crippen LogP contribution in [-0.4, -0.2) is 94.7 Å². The monoisotopic (exact) mass is 630 g/mol. The van der Waals surface area contributed by atoms with Crippen LogP contribution in [0.15, 0.2) is 45.6 Å². The second-order valence-corrected chi connectivity index (χ2v) is 11.2. The Morgan fingerprint density at radius 3 is 2.36 bits per heavy atom. The quantitative estimate of drug-likeness (QED) is 0.129. The Morgan fingerprint density at radius 2 is 1.69 bits per heavy atom. The zero-order valence-corrected chi connectivity index (χ0v) is 24.8. The molecule has 6 unspecified atom stereocenters. The van der Waals surface area contributed by atoms with E-state index in [4.69, 9.17) is 32.8 Å². The molecule has 1 fully saturated rings. The van der Waals surface area contributed by atoms with Crippen molar-refractivity contribution in [3.8, 4) is 28.7 Å². The number of esters is 1. The van der Waals surface area contributed by atoms with Crippen LogP contribution in [0.4, 0.5) is 0 Å². The van der Waals surface area contributed by atoms with Gasteiger partial charge in [0.25, 0.3) is 0 Å². The number of hydrogen-bond donors (Lipinski definition) is 5. The predicted octanol–water partition coefficient (Wildman–Crippen LogP) is 1.38. The lowest BCUT2D eigenvalue weighted by Gasteiger charge is -2.43. The topological polar surface area (TPSA) is 204 Å². The van der Waals surface area contributed by atoms with Crippen molar-refractivity contribution in [1.82, 2.24) is 0 Å². The Hall–Kier alpha value is -4.34. The van der Waals surface area contributed by atoms with Crippen LogP contribution in [0.2, 0.25) is 0 Å². The molecule has 2 aliphatic rings. The summed E-state index contributed by atoms with van der Waals surface area (Å²) in [5.41, 5.74) is -0.738. The molecule has 0 bridgehead atoms. The van der Waals surface area contributed by atoms with Crippen LogP contribution in [0.5, 0.6) is 28.7 Å². The molecule has 0 aliphatic carbocycles. The first-order chi connectivity index (χ1) is 21.3. The summed E-state index contributed by atoms with van der Waals surface area (Å²) in [4.78, 5) is 24.1. The van der Waals surface area contributed by atoms with Crippen LogP contribution in [0.1, 0.15) is 25.0 Å². The number of fused-ring (bicyclic) bond motifs is 2. The van der Waals surface area contributed by atoms with E-state index in [0.29, 0.717) is 16.5 Å². The number of phenolic OH excluding ortho intramolecular Hbond substituents is 2. The maximum atomic E-state index is 12.5. The minimum atomic E-state index is -1.70. The van der Waals surface area contributed by atoms with Gasteiger partial charge in [-0.3, -0.25) is 0 Å². The molecule has 14 heteroatoms. The highest BCUT2D eigenvalue weighted by Crippen LogP contribution is 2.45. The van der Waals surface area contributed by atoms with Crippen LogP contribution in [0, 0.1) is 0 Å². The van der Waals surface area contributed by atoms with Gasteiger partial charge in [-0.25, -0.2) is 9.59 Å². The summed E-state index contributed by atoms with van der Waals surface area (Å²) in [5, 5.41) is 53.0. The first-order valence-corrected chi connectivity index (χ1v) is 14.0. The molecule has 242 valence electrons. The number of aliphatic hydroxyl groups excluding tert-OH is 3. The maximum absolute atomic E-state index is 12.5. The van der Waals surface area contributed by atoms with Gasteiger partial charge in [-0.2, -0.15) is 0 Å². The molecule has 2 aromatic carbocycles. The minimum Gasteiger partial charge on any atom is -0.502 e. The Bertz CT molecular complexity index is 1630. The highest BCUT2D eigenvalue weighted by atomic mass is 16.7. The zero-order chi connectivity index (χ0) is 32.6. The number of aliphatic hydroxyl groups is 3. The molecule has 5 N–H and O–H groups in total. The summed E-state index contributed by atoms with van der Waals surface area (Å²) in [6.07, 6.45) is -5.65. The standard InChI is InChI=1S/C31H34O14/c1-31(2,20-12-16-11-15-6-8-22(33)44-28(15)27(38)29(16)43-20)45-30-26(37)25(36)24(35)19(42-30)13-41-21(32)7-5-14-9-17(39-3)23(34)18(10-14)40-4/h5-11,19-20,24-26,30,34-38H,12-13H2,1-4H3/b7-5+. The van der Waals surface area contributed by atoms with Crippen molar-refractivity contribution < 1.29 is 63.2 Å². The Morgan fingerprint density at radius 1 is 1.00 bits per heavy atom. The summed E-state index contributed by atoms with van der Waals surface area (Å²) >= 11 is 0. The first kappa shape index (κ1) is 32.1. The number of phenols is 2. The predicted molar refractivity (Wildman–Crippen MR) is 155 cm³/mol. The summed E-state index contributed by atoms with van der Waals surface area (Å²) in [7, 11) is 2.73. The Balaban J connectivity index is 1.24. The van der Waals surface area contributed by atoms with E-state index in [9.17, 15) is 35.1 Å². The second-order valence-electron chi connectivity index (χ2n) is 11.2. The molecule has 2 aliphatic heterocycles.